The SMILES string of the molecule is CCc1ccc(NC(=S)Nc2ccc(C(C)=O)cc2)cc1. The van der Waals surface area contributed by atoms with Crippen LogP contribution in [0.2, 0.25) is 0 Å². The number of carbonyl (C=O) groups excluding carboxylic acids is 1. The molecule has 0 amide bonds. The molecule has 0 aliphatic rings. The molecule has 0 heterocycles. The molecule has 0 saturated carbocycles. The second-order valence-electron chi connectivity index (χ2n) is 4.76. The van der Waals surface area contributed by atoms with Gasteiger partial charge in [0.25, 0.3) is 0 Å². The number of carbonyl (C=O) groups is 1. The van der Waals surface area contributed by atoms with Gasteiger partial charge in [0.2, 0.25) is 0 Å². The summed E-state index contributed by atoms with van der Waals surface area (Å²) in [5.41, 5.74) is 3.78. The number of rotatable bonds is 4. The Morgan fingerprint density at radius 3 is 1.86 bits per heavy atom. The van der Waals surface area contributed by atoms with Crippen molar-refractivity contribution in [3.05, 3.63) is 59.7 Å². The van der Waals surface area contributed by atoms with Gasteiger partial charge < -0.3 is 10.6 Å². The van der Waals surface area contributed by atoms with Crippen molar-refractivity contribution in [1.82, 2.24) is 0 Å². The fraction of sp³-hybridized carbons (Fsp3) is 0.176. The molecule has 21 heavy (non-hydrogen) atoms. The largest absolute Gasteiger partial charge is 0.332 e. The van der Waals surface area contributed by atoms with Crippen molar-refractivity contribution in [2.75, 3.05) is 10.6 Å². The van der Waals surface area contributed by atoms with E-state index < -0.39 is 0 Å². The molecule has 0 unspecified atom stereocenters. The monoisotopic (exact) mass is 298 g/mol. The van der Waals surface area contributed by atoms with Gasteiger partial charge in [0.05, 0.1) is 0 Å². The number of hydrogen-bond donors (Lipinski definition) is 2. The zero-order chi connectivity index (χ0) is 15.2. The molecule has 0 saturated heterocycles. The summed E-state index contributed by atoms with van der Waals surface area (Å²) in [6.07, 6.45) is 1.02. The van der Waals surface area contributed by atoms with E-state index in [1.54, 1.807) is 19.1 Å². The Bertz CT molecular complexity index is 633. The van der Waals surface area contributed by atoms with Gasteiger partial charge in [-0.2, -0.15) is 0 Å². The average Bonchev–Trinajstić information content (AvgIpc) is 2.48. The quantitative estimate of drug-likeness (QED) is 0.653. The van der Waals surface area contributed by atoms with E-state index in [4.69, 9.17) is 12.2 Å². The van der Waals surface area contributed by atoms with Crippen molar-refractivity contribution in [1.29, 1.82) is 0 Å². The van der Waals surface area contributed by atoms with Crippen molar-refractivity contribution in [3.63, 3.8) is 0 Å². The molecule has 0 fully saturated rings. The predicted octanol–water partition coefficient (Wildman–Crippen LogP) is 4.26. The number of thiocarbonyl (C=S) groups is 1. The number of aryl methyl sites for hydroxylation is 1. The lowest BCUT2D eigenvalue weighted by Crippen LogP contribution is -2.19. The minimum atomic E-state index is 0.0539. The molecule has 0 aliphatic carbocycles. The van der Waals surface area contributed by atoms with Crippen molar-refractivity contribution >= 4 is 34.5 Å². The van der Waals surface area contributed by atoms with Crippen LogP contribution in [0.5, 0.6) is 0 Å². The van der Waals surface area contributed by atoms with E-state index in [1.165, 1.54) is 5.56 Å². The fourth-order valence-electron chi connectivity index (χ4n) is 1.91. The maximum absolute atomic E-state index is 11.2. The lowest BCUT2D eigenvalue weighted by atomic mass is 10.1. The van der Waals surface area contributed by atoms with Crippen LogP contribution in [0.3, 0.4) is 0 Å². The predicted molar refractivity (Wildman–Crippen MR) is 92.1 cm³/mol. The van der Waals surface area contributed by atoms with Gasteiger partial charge in [-0.3, -0.25) is 4.79 Å². The van der Waals surface area contributed by atoms with E-state index in [2.05, 4.69) is 29.7 Å². The van der Waals surface area contributed by atoms with Crippen LogP contribution in [0.1, 0.15) is 29.8 Å². The second kappa shape index (κ2) is 6.99. The van der Waals surface area contributed by atoms with Crippen molar-refractivity contribution in [3.8, 4) is 0 Å². The zero-order valence-electron chi connectivity index (χ0n) is 12.1. The number of Topliss-reactive ketones (excluding diaryl/α,β-unsaturated/α-hetero) is 1. The van der Waals surface area contributed by atoms with Gasteiger partial charge in [-0.15, -0.1) is 0 Å². The van der Waals surface area contributed by atoms with Gasteiger partial charge >= 0.3 is 0 Å². The first-order valence-corrected chi connectivity index (χ1v) is 7.27. The Balaban J connectivity index is 1.95. The highest BCUT2D eigenvalue weighted by atomic mass is 32.1. The highest BCUT2D eigenvalue weighted by molar-refractivity contribution is 7.80. The lowest BCUT2D eigenvalue weighted by Gasteiger charge is -2.11. The zero-order valence-corrected chi connectivity index (χ0v) is 13.0. The normalized spacial score (nSPS) is 10.0. The van der Waals surface area contributed by atoms with Crippen LogP contribution in [-0.4, -0.2) is 10.9 Å². The molecular formula is C17H18N2OS. The molecule has 3 nitrogen and oxygen atoms in total. The van der Waals surface area contributed by atoms with E-state index >= 15 is 0 Å². The minimum Gasteiger partial charge on any atom is -0.332 e. The minimum absolute atomic E-state index is 0.0539. The van der Waals surface area contributed by atoms with E-state index in [0.29, 0.717) is 10.7 Å². The van der Waals surface area contributed by atoms with E-state index in [1.807, 2.05) is 24.3 Å². The topological polar surface area (TPSA) is 41.1 Å². The molecule has 2 aromatic carbocycles. The molecule has 0 spiro atoms. The number of benzene rings is 2. The molecule has 4 heteroatoms. The van der Waals surface area contributed by atoms with Crippen LogP contribution in [0.25, 0.3) is 0 Å². The summed E-state index contributed by atoms with van der Waals surface area (Å²) < 4.78 is 0. The van der Waals surface area contributed by atoms with Crippen molar-refractivity contribution in [2.45, 2.75) is 20.3 Å². The summed E-state index contributed by atoms with van der Waals surface area (Å²) in [5, 5.41) is 6.75. The molecular weight excluding hydrogens is 280 g/mol. The van der Waals surface area contributed by atoms with Crippen LogP contribution < -0.4 is 10.6 Å². The molecule has 2 N–H and O–H groups in total. The summed E-state index contributed by atoms with van der Waals surface area (Å²) in [6, 6.07) is 15.4. The van der Waals surface area contributed by atoms with Crippen molar-refractivity contribution in [2.24, 2.45) is 0 Å². The first-order chi connectivity index (χ1) is 10.1. The molecule has 2 aromatic rings. The first kappa shape index (κ1) is 15.2. The van der Waals surface area contributed by atoms with Gasteiger partial charge in [0.15, 0.2) is 10.9 Å². The third-order valence-corrected chi connectivity index (χ3v) is 3.37. The third-order valence-electron chi connectivity index (χ3n) is 3.17. The molecule has 108 valence electrons. The standard InChI is InChI=1S/C17H18N2OS/c1-3-13-4-8-15(9-5-13)18-17(21)19-16-10-6-14(7-11-16)12(2)20/h4-11H,3H2,1-2H3,(H2,18,19,21). The summed E-state index contributed by atoms with van der Waals surface area (Å²) in [6.45, 7) is 3.67. The Morgan fingerprint density at radius 1 is 0.952 bits per heavy atom. The Hall–Kier alpha value is -2.20. The maximum atomic E-state index is 11.2. The summed E-state index contributed by atoms with van der Waals surface area (Å²) in [5.74, 6) is 0.0539. The summed E-state index contributed by atoms with van der Waals surface area (Å²) in [7, 11) is 0. The van der Waals surface area contributed by atoms with Crippen LogP contribution in [0.4, 0.5) is 11.4 Å². The van der Waals surface area contributed by atoms with Crippen molar-refractivity contribution < 1.29 is 4.79 Å². The summed E-state index contributed by atoms with van der Waals surface area (Å²) in [4.78, 5) is 11.2. The van der Waals surface area contributed by atoms with Gasteiger partial charge in [0, 0.05) is 16.9 Å². The Morgan fingerprint density at radius 2 is 1.43 bits per heavy atom. The van der Waals surface area contributed by atoms with Crippen LogP contribution in [-0.2, 0) is 6.42 Å². The van der Waals surface area contributed by atoms with Gasteiger partial charge in [-0.25, -0.2) is 0 Å². The first-order valence-electron chi connectivity index (χ1n) is 6.86. The van der Waals surface area contributed by atoms with Crippen LogP contribution in [0.15, 0.2) is 48.5 Å². The molecule has 2 rings (SSSR count). The van der Waals surface area contributed by atoms with Gasteiger partial charge in [0.1, 0.15) is 0 Å². The third kappa shape index (κ3) is 4.39. The molecule has 0 radical (unpaired) electrons. The molecule has 0 bridgehead atoms. The average molecular weight is 298 g/mol. The van der Waals surface area contributed by atoms with E-state index in [0.717, 1.165) is 17.8 Å². The smallest absolute Gasteiger partial charge is 0.175 e. The lowest BCUT2D eigenvalue weighted by molar-refractivity contribution is 0.101. The van der Waals surface area contributed by atoms with Crippen LogP contribution >= 0.6 is 12.2 Å². The maximum Gasteiger partial charge on any atom is 0.175 e. The van der Waals surface area contributed by atoms with E-state index in [9.17, 15) is 4.79 Å². The molecule has 0 aromatic heterocycles. The summed E-state index contributed by atoms with van der Waals surface area (Å²) >= 11 is 5.27. The van der Waals surface area contributed by atoms with E-state index in [-0.39, 0.29) is 5.78 Å². The number of nitrogens with one attached hydrogen (secondary N) is 2. The van der Waals surface area contributed by atoms with Gasteiger partial charge in [-0.1, -0.05) is 19.1 Å². The van der Waals surface area contributed by atoms with Crippen LogP contribution in [0, 0.1) is 0 Å². The molecule has 0 aliphatic heterocycles. The Labute approximate surface area is 130 Å². The van der Waals surface area contributed by atoms with Gasteiger partial charge in [-0.05, 0) is 67.5 Å². The second-order valence-corrected chi connectivity index (χ2v) is 5.17. The Kier molecular flexibility index (Phi) is 5.06. The fourth-order valence-corrected chi connectivity index (χ4v) is 2.14. The number of anilines is 2. The highest BCUT2D eigenvalue weighted by Gasteiger charge is 2.01. The highest BCUT2D eigenvalue weighted by Crippen LogP contribution is 2.13. The molecule has 0 atom stereocenters. The number of hydrogen-bond acceptors (Lipinski definition) is 2. The number of ketones is 1.